The fourth-order valence-corrected chi connectivity index (χ4v) is 1.03. The molecule has 1 amide bonds. The first-order valence-electron chi connectivity index (χ1n) is 4.16. The Hall–Kier alpha value is -1.42. The summed E-state index contributed by atoms with van der Waals surface area (Å²) in [6, 6.07) is 5.71. The minimum absolute atomic E-state index is 0.0217. The van der Waals surface area contributed by atoms with Gasteiger partial charge < -0.3 is 9.64 Å². The lowest BCUT2D eigenvalue weighted by atomic mass is 10.3. The molecule has 1 aromatic carbocycles. The lowest BCUT2D eigenvalue weighted by Crippen LogP contribution is -2.29. The van der Waals surface area contributed by atoms with E-state index in [0.29, 0.717) is 5.69 Å². The molecule has 0 aliphatic rings. The van der Waals surface area contributed by atoms with Crippen LogP contribution >= 0.6 is 0 Å². The van der Waals surface area contributed by atoms with Crippen molar-refractivity contribution < 1.29 is 13.9 Å². The van der Waals surface area contributed by atoms with E-state index in [4.69, 9.17) is 4.74 Å². The molecule has 1 aromatic rings. The monoisotopic (exact) mass is 197 g/mol. The Morgan fingerprint density at radius 3 is 2.50 bits per heavy atom. The van der Waals surface area contributed by atoms with Crippen LogP contribution in [0.2, 0.25) is 0 Å². The summed E-state index contributed by atoms with van der Waals surface area (Å²) in [6.45, 7) is 0.0217. The first-order chi connectivity index (χ1) is 6.65. The zero-order valence-corrected chi connectivity index (χ0v) is 8.16. The average molecular weight is 197 g/mol. The van der Waals surface area contributed by atoms with Gasteiger partial charge in [-0.05, 0) is 24.3 Å². The number of halogens is 1. The molecular formula is C10H12FNO2. The van der Waals surface area contributed by atoms with Crippen LogP contribution in [0.15, 0.2) is 24.3 Å². The number of anilines is 1. The zero-order valence-electron chi connectivity index (χ0n) is 8.16. The number of hydrogen-bond donors (Lipinski definition) is 0. The number of methoxy groups -OCH3 is 1. The van der Waals surface area contributed by atoms with Gasteiger partial charge in [-0.15, -0.1) is 0 Å². The van der Waals surface area contributed by atoms with E-state index < -0.39 is 0 Å². The Balaban J connectivity index is 2.73. The van der Waals surface area contributed by atoms with Crippen molar-refractivity contribution in [3.05, 3.63) is 30.1 Å². The third-order valence-electron chi connectivity index (χ3n) is 1.86. The number of nitrogens with zero attached hydrogens (tertiary/aromatic N) is 1. The summed E-state index contributed by atoms with van der Waals surface area (Å²) in [5, 5.41) is 0. The van der Waals surface area contributed by atoms with Crippen molar-refractivity contribution in [1.29, 1.82) is 0 Å². The highest BCUT2D eigenvalue weighted by Gasteiger charge is 2.09. The molecule has 0 radical (unpaired) electrons. The van der Waals surface area contributed by atoms with Crippen molar-refractivity contribution >= 4 is 11.6 Å². The van der Waals surface area contributed by atoms with E-state index in [1.54, 1.807) is 19.2 Å². The minimum atomic E-state index is -0.318. The topological polar surface area (TPSA) is 29.5 Å². The maximum absolute atomic E-state index is 12.6. The van der Waals surface area contributed by atoms with Crippen LogP contribution in [0, 0.1) is 5.82 Å². The number of carbonyl (C=O) groups is 1. The van der Waals surface area contributed by atoms with Crippen molar-refractivity contribution in [2.45, 2.75) is 0 Å². The Kier molecular flexibility index (Phi) is 3.59. The normalized spacial score (nSPS) is 9.93. The summed E-state index contributed by atoms with van der Waals surface area (Å²) < 4.78 is 17.3. The average Bonchev–Trinajstić information content (AvgIpc) is 2.18. The molecule has 0 spiro atoms. The highest BCUT2D eigenvalue weighted by atomic mass is 19.1. The SMILES string of the molecule is COCC(=O)N(C)c1ccc(F)cc1. The number of ether oxygens (including phenoxy) is 1. The summed E-state index contributed by atoms with van der Waals surface area (Å²) >= 11 is 0. The van der Waals surface area contributed by atoms with E-state index in [0.717, 1.165) is 0 Å². The molecular weight excluding hydrogens is 185 g/mol. The Morgan fingerprint density at radius 1 is 1.43 bits per heavy atom. The van der Waals surface area contributed by atoms with Crippen LogP contribution in [-0.2, 0) is 9.53 Å². The standard InChI is InChI=1S/C10H12FNO2/c1-12(10(13)7-14-2)9-5-3-8(11)4-6-9/h3-6H,7H2,1-2H3. The van der Waals surface area contributed by atoms with Gasteiger partial charge in [0.15, 0.2) is 0 Å². The van der Waals surface area contributed by atoms with Gasteiger partial charge in [0, 0.05) is 19.8 Å². The van der Waals surface area contributed by atoms with E-state index in [-0.39, 0.29) is 18.3 Å². The summed E-state index contributed by atoms with van der Waals surface area (Å²) in [7, 11) is 3.07. The zero-order chi connectivity index (χ0) is 10.6. The third kappa shape index (κ3) is 2.53. The van der Waals surface area contributed by atoms with Gasteiger partial charge in [-0.25, -0.2) is 4.39 Å². The molecule has 14 heavy (non-hydrogen) atoms. The van der Waals surface area contributed by atoms with E-state index in [2.05, 4.69) is 0 Å². The summed E-state index contributed by atoms with van der Waals surface area (Å²) in [6.07, 6.45) is 0. The molecule has 0 aliphatic carbocycles. The van der Waals surface area contributed by atoms with Gasteiger partial charge in [-0.2, -0.15) is 0 Å². The summed E-state index contributed by atoms with van der Waals surface area (Å²) in [5.41, 5.74) is 0.647. The third-order valence-corrected chi connectivity index (χ3v) is 1.86. The molecule has 3 nitrogen and oxygen atoms in total. The predicted octanol–water partition coefficient (Wildman–Crippen LogP) is 1.43. The molecule has 0 fully saturated rings. The van der Waals surface area contributed by atoms with Gasteiger partial charge in [-0.1, -0.05) is 0 Å². The first kappa shape index (κ1) is 10.7. The number of rotatable bonds is 3. The van der Waals surface area contributed by atoms with Gasteiger partial charge in [0.05, 0.1) is 0 Å². The van der Waals surface area contributed by atoms with Crippen LogP contribution < -0.4 is 4.90 Å². The van der Waals surface area contributed by atoms with Crippen molar-refractivity contribution in [3.63, 3.8) is 0 Å². The molecule has 1 rings (SSSR count). The smallest absolute Gasteiger partial charge is 0.252 e. The van der Waals surface area contributed by atoms with Gasteiger partial charge in [0.2, 0.25) is 0 Å². The number of likely N-dealkylation sites (N-methyl/N-ethyl adjacent to an activating group) is 1. The molecule has 0 unspecified atom stereocenters. The first-order valence-corrected chi connectivity index (χ1v) is 4.16. The molecule has 0 atom stereocenters. The van der Waals surface area contributed by atoms with Crippen molar-refractivity contribution in [2.24, 2.45) is 0 Å². The maximum Gasteiger partial charge on any atom is 0.252 e. The quantitative estimate of drug-likeness (QED) is 0.733. The molecule has 0 saturated carbocycles. The highest BCUT2D eigenvalue weighted by Crippen LogP contribution is 2.12. The van der Waals surface area contributed by atoms with Crippen LogP contribution in [0.5, 0.6) is 0 Å². The summed E-state index contributed by atoms with van der Waals surface area (Å²) in [5.74, 6) is -0.486. The Bertz CT molecular complexity index is 310. The molecule has 76 valence electrons. The van der Waals surface area contributed by atoms with Gasteiger partial charge in [0.25, 0.3) is 5.91 Å². The summed E-state index contributed by atoms with van der Waals surface area (Å²) in [4.78, 5) is 12.8. The van der Waals surface area contributed by atoms with E-state index in [9.17, 15) is 9.18 Å². The van der Waals surface area contributed by atoms with Crippen molar-refractivity contribution in [3.8, 4) is 0 Å². The van der Waals surface area contributed by atoms with Crippen molar-refractivity contribution in [2.75, 3.05) is 25.7 Å². The second-order valence-corrected chi connectivity index (χ2v) is 2.86. The molecule has 4 heteroatoms. The lowest BCUT2D eigenvalue weighted by Gasteiger charge is -2.16. The van der Waals surface area contributed by atoms with Crippen LogP contribution in [0.3, 0.4) is 0 Å². The second kappa shape index (κ2) is 4.72. The number of benzene rings is 1. The van der Waals surface area contributed by atoms with E-state index in [1.165, 1.54) is 24.1 Å². The predicted molar refractivity (Wildman–Crippen MR) is 51.7 cm³/mol. The fourth-order valence-electron chi connectivity index (χ4n) is 1.03. The van der Waals surface area contributed by atoms with Crippen LogP contribution in [-0.4, -0.2) is 26.7 Å². The largest absolute Gasteiger partial charge is 0.375 e. The molecule has 0 aliphatic heterocycles. The Labute approximate surface area is 82.1 Å². The molecule has 0 aromatic heterocycles. The second-order valence-electron chi connectivity index (χ2n) is 2.86. The molecule has 0 bridgehead atoms. The number of amides is 1. The molecule has 0 heterocycles. The minimum Gasteiger partial charge on any atom is -0.375 e. The Morgan fingerprint density at radius 2 is 2.00 bits per heavy atom. The fraction of sp³-hybridized carbons (Fsp3) is 0.300. The highest BCUT2D eigenvalue weighted by molar-refractivity contribution is 5.93. The number of carbonyl (C=O) groups excluding carboxylic acids is 1. The maximum atomic E-state index is 12.6. The van der Waals surface area contributed by atoms with E-state index in [1.807, 2.05) is 0 Å². The van der Waals surface area contributed by atoms with Crippen LogP contribution in [0.4, 0.5) is 10.1 Å². The van der Waals surface area contributed by atoms with E-state index >= 15 is 0 Å². The van der Waals surface area contributed by atoms with Gasteiger partial charge >= 0.3 is 0 Å². The number of hydrogen-bond acceptors (Lipinski definition) is 2. The lowest BCUT2D eigenvalue weighted by molar-refractivity contribution is -0.121. The molecule has 0 N–H and O–H groups in total. The van der Waals surface area contributed by atoms with Crippen molar-refractivity contribution in [1.82, 2.24) is 0 Å². The van der Waals surface area contributed by atoms with Crippen LogP contribution in [0.1, 0.15) is 0 Å². The van der Waals surface area contributed by atoms with Gasteiger partial charge in [0.1, 0.15) is 12.4 Å². The molecule has 0 saturated heterocycles. The van der Waals surface area contributed by atoms with Crippen LogP contribution in [0.25, 0.3) is 0 Å². The van der Waals surface area contributed by atoms with Gasteiger partial charge in [-0.3, -0.25) is 4.79 Å².